The second kappa shape index (κ2) is 2.59. The molecule has 3 atom stereocenters. The summed E-state index contributed by atoms with van der Waals surface area (Å²) in [6.07, 6.45) is 1.83. The van der Waals surface area contributed by atoms with E-state index in [1.54, 1.807) is 0 Å². The van der Waals surface area contributed by atoms with Crippen molar-refractivity contribution in [2.75, 3.05) is 0 Å². The predicted molar refractivity (Wildman–Crippen MR) is 42.4 cm³/mol. The minimum Gasteiger partial charge on any atom is -0.456 e. The second-order valence-electron chi connectivity index (χ2n) is 3.50. The molecule has 1 aliphatic heterocycles. The fraction of sp³-hybridized carbons (Fsp3) is 0.667. The highest BCUT2D eigenvalue weighted by atomic mass is 16.6. The average Bonchev–Trinajstić information content (AvgIpc) is 2.32. The molecule has 0 aromatic carbocycles. The molecule has 66 valence electrons. The third-order valence-electron chi connectivity index (χ3n) is 2.74. The summed E-state index contributed by atoms with van der Waals surface area (Å²) in [6.45, 7) is 3.67. The van der Waals surface area contributed by atoms with E-state index in [-0.39, 0.29) is 18.0 Å². The molecule has 0 radical (unpaired) electrons. The van der Waals surface area contributed by atoms with Crippen molar-refractivity contribution < 1.29 is 14.6 Å². The molecular formula is C9H12O3. The number of rotatable bonds is 0. The quantitative estimate of drug-likeness (QED) is 0.426. The molecule has 2 aliphatic rings. The zero-order chi connectivity index (χ0) is 8.72. The van der Waals surface area contributed by atoms with Crippen LogP contribution in [-0.4, -0.2) is 23.3 Å². The van der Waals surface area contributed by atoms with Crippen molar-refractivity contribution in [1.29, 1.82) is 0 Å². The molecule has 3 heteroatoms. The molecule has 1 heterocycles. The van der Waals surface area contributed by atoms with E-state index in [1.165, 1.54) is 0 Å². The van der Waals surface area contributed by atoms with Gasteiger partial charge in [-0.3, -0.25) is 0 Å². The molecule has 1 saturated carbocycles. The van der Waals surface area contributed by atoms with Crippen LogP contribution in [0.15, 0.2) is 12.2 Å². The Morgan fingerprint density at radius 1 is 1.50 bits per heavy atom. The third-order valence-corrected chi connectivity index (χ3v) is 2.74. The maximum absolute atomic E-state index is 11.1. The minimum absolute atomic E-state index is 0.0706. The minimum atomic E-state index is -0.480. The molecule has 2 rings (SSSR count). The van der Waals surface area contributed by atoms with E-state index in [9.17, 15) is 9.90 Å². The van der Waals surface area contributed by atoms with Gasteiger partial charge in [-0.25, -0.2) is 4.79 Å². The van der Waals surface area contributed by atoms with Gasteiger partial charge >= 0.3 is 5.97 Å². The third kappa shape index (κ3) is 0.966. The van der Waals surface area contributed by atoms with Gasteiger partial charge in [0, 0.05) is 11.5 Å². The van der Waals surface area contributed by atoms with Gasteiger partial charge in [-0.05, 0) is 19.3 Å². The Labute approximate surface area is 71.0 Å². The molecule has 12 heavy (non-hydrogen) atoms. The number of esters is 1. The van der Waals surface area contributed by atoms with Crippen LogP contribution in [0.2, 0.25) is 0 Å². The number of ether oxygens (including phenoxy) is 1. The molecular weight excluding hydrogens is 156 g/mol. The first-order valence-electron chi connectivity index (χ1n) is 4.28. The lowest BCUT2D eigenvalue weighted by Gasteiger charge is -2.27. The van der Waals surface area contributed by atoms with Crippen LogP contribution in [0.3, 0.4) is 0 Å². The van der Waals surface area contributed by atoms with Crippen molar-refractivity contribution in [3.63, 3.8) is 0 Å². The first-order chi connectivity index (χ1) is 5.70. The lowest BCUT2D eigenvalue weighted by molar-refractivity contribution is -0.145. The zero-order valence-electron chi connectivity index (χ0n) is 6.82. The van der Waals surface area contributed by atoms with Gasteiger partial charge in [0.15, 0.2) is 0 Å². The van der Waals surface area contributed by atoms with E-state index < -0.39 is 6.10 Å². The first kappa shape index (κ1) is 7.80. The summed E-state index contributed by atoms with van der Waals surface area (Å²) in [5.41, 5.74) is 0.541. The van der Waals surface area contributed by atoms with Gasteiger partial charge in [0.2, 0.25) is 0 Å². The summed E-state index contributed by atoms with van der Waals surface area (Å²) < 4.78 is 5.00. The molecule has 1 aliphatic carbocycles. The maximum Gasteiger partial charge on any atom is 0.334 e. The van der Waals surface area contributed by atoms with Crippen molar-refractivity contribution in [2.45, 2.75) is 31.5 Å². The maximum atomic E-state index is 11.1. The molecule has 0 spiro atoms. The van der Waals surface area contributed by atoms with E-state index >= 15 is 0 Å². The van der Waals surface area contributed by atoms with E-state index in [2.05, 4.69) is 6.58 Å². The normalized spacial score (nSPS) is 40.9. The smallest absolute Gasteiger partial charge is 0.334 e. The Balaban J connectivity index is 2.21. The van der Waals surface area contributed by atoms with Crippen molar-refractivity contribution in [3.8, 4) is 0 Å². The number of carbonyl (C=O) groups excluding carboxylic acids is 1. The Kier molecular flexibility index (Phi) is 1.68. The molecule has 1 N–H and O–H groups in total. The zero-order valence-corrected chi connectivity index (χ0v) is 6.82. The topological polar surface area (TPSA) is 46.5 Å². The summed E-state index contributed by atoms with van der Waals surface area (Å²) in [7, 11) is 0. The SMILES string of the molecule is C=C1C(=O)OC2C(O)CCCC12. The highest BCUT2D eigenvalue weighted by Gasteiger charge is 2.44. The van der Waals surface area contributed by atoms with Crippen molar-refractivity contribution >= 4 is 5.97 Å². The van der Waals surface area contributed by atoms with Crippen LogP contribution in [0.5, 0.6) is 0 Å². The number of aliphatic hydroxyl groups is 1. The molecule has 3 nitrogen and oxygen atoms in total. The number of carbonyl (C=O) groups is 1. The standard InChI is InChI=1S/C9H12O3/c1-5-6-3-2-4-7(10)8(6)12-9(5)11/h6-8,10H,1-4H2. The Bertz CT molecular complexity index is 234. The predicted octanol–water partition coefficient (Wildman–Crippen LogP) is 0.629. The number of hydrogen-bond acceptors (Lipinski definition) is 3. The van der Waals surface area contributed by atoms with Gasteiger partial charge in [-0.15, -0.1) is 0 Å². The van der Waals surface area contributed by atoms with E-state index in [1.807, 2.05) is 0 Å². The van der Waals surface area contributed by atoms with Crippen molar-refractivity contribution in [2.24, 2.45) is 5.92 Å². The highest BCUT2D eigenvalue weighted by Crippen LogP contribution is 2.37. The van der Waals surface area contributed by atoms with Crippen LogP contribution in [0.25, 0.3) is 0 Å². The van der Waals surface area contributed by atoms with E-state index in [4.69, 9.17) is 4.74 Å². The number of fused-ring (bicyclic) bond motifs is 1. The number of hydrogen-bond donors (Lipinski definition) is 1. The van der Waals surface area contributed by atoms with Crippen molar-refractivity contribution in [1.82, 2.24) is 0 Å². The summed E-state index contributed by atoms with van der Waals surface area (Å²) in [5, 5.41) is 9.50. The fourth-order valence-electron chi connectivity index (χ4n) is 2.03. The van der Waals surface area contributed by atoms with Gasteiger partial charge in [0.25, 0.3) is 0 Å². The Hall–Kier alpha value is -0.830. The van der Waals surface area contributed by atoms with E-state index in [0.717, 1.165) is 19.3 Å². The van der Waals surface area contributed by atoms with Crippen molar-refractivity contribution in [3.05, 3.63) is 12.2 Å². The second-order valence-corrected chi connectivity index (χ2v) is 3.50. The van der Waals surface area contributed by atoms with Crippen LogP contribution in [0.1, 0.15) is 19.3 Å². The van der Waals surface area contributed by atoms with Crippen LogP contribution in [0, 0.1) is 5.92 Å². The lowest BCUT2D eigenvalue weighted by Crippen LogP contribution is -2.35. The molecule has 0 aromatic rings. The summed E-state index contributed by atoms with van der Waals surface area (Å²) in [5.74, 6) is -0.257. The first-order valence-corrected chi connectivity index (χ1v) is 4.28. The number of aliphatic hydroxyl groups excluding tert-OH is 1. The largest absolute Gasteiger partial charge is 0.456 e. The van der Waals surface area contributed by atoms with Crippen LogP contribution in [0.4, 0.5) is 0 Å². The molecule has 2 fully saturated rings. The van der Waals surface area contributed by atoms with Gasteiger partial charge < -0.3 is 9.84 Å². The molecule has 0 bridgehead atoms. The van der Waals surface area contributed by atoms with Crippen LogP contribution >= 0.6 is 0 Å². The Morgan fingerprint density at radius 3 is 2.92 bits per heavy atom. The van der Waals surface area contributed by atoms with Crippen LogP contribution in [-0.2, 0) is 9.53 Å². The molecule has 3 unspecified atom stereocenters. The molecule has 0 amide bonds. The summed E-state index contributed by atoms with van der Waals surface area (Å²) in [6, 6.07) is 0. The fourth-order valence-corrected chi connectivity index (χ4v) is 2.03. The highest BCUT2D eigenvalue weighted by molar-refractivity contribution is 5.90. The average molecular weight is 168 g/mol. The molecule has 0 aromatic heterocycles. The van der Waals surface area contributed by atoms with Crippen LogP contribution < -0.4 is 0 Å². The Morgan fingerprint density at radius 2 is 2.25 bits per heavy atom. The van der Waals surface area contributed by atoms with Gasteiger partial charge in [-0.1, -0.05) is 6.58 Å². The van der Waals surface area contributed by atoms with Gasteiger partial charge in [0.05, 0.1) is 6.10 Å². The summed E-state index contributed by atoms with van der Waals surface area (Å²) >= 11 is 0. The van der Waals surface area contributed by atoms with E-state index in [0.29, 0.717) is 5.57 Å². The molecule has 1 saturated heterocycles. The monoisotopic (exact) mass is 168 g/mol. The lowest BCUT2D eigenvalue weighted by atomic mass is 9.82. The van der Waals surface area contributed by atoms with Gasteiger partial charge in [-0.2, -0.15) is 0 Å². The summed E-state index contributed by atoms with van der Waals surface area (Å²) in [4.78, 5) is 11.1. The van der Waals surface area contributed by atoms with Gasteiger partial charge in [0.1, 0.15) is 6.10 Å².